The second-order valence-electron chi connectivity index (χ2n) is 5.55. The number of hydrogen-bond donors (Lipinski definition) is 1. The Hall–Kier alpha value is -2.19. The number of carboxylic acid groups (broad SMARTS) is 1. The zero-order valence-electron chi connectivity index (χ0n) is 14.0. The maximum absolute atomic E-state index is 12.6. The third-order valence-corrected chi connectivity index (χ3v) is 4.46. The number of benzene rings is 2. The summed E-state index contributed by atoms with van der Waals surface area (Å²) in [5.41, 5.74) is -0.687. The smallest absolute Gasteiger partial charge is 0.416 e. The average Bonchev–Trinajstić information content (AvgIpc) is 2.55. The molecule has 0 bridgehead atoms. The average molecular weight is 385 g/mol. The maximum Gasteiger partial charge on any atom is 0.416 e. The SMILES string of the molecule is CN(CCOc1ccccc1Sc1ccc(C(F)(F)F)cc1)CC(=O)O. The summed E-state index contributed by atoms with van der Waals surface area (Å²) < 4.78 is 43.6. The molecule has 0 spiro atoms. The number of rotatable bonds is 8. The minimum Gasteiger partial charge on any atom is -0.491 e. The first-order chi connectivity index (χ1) is 12.3. The van der Waals surface area contributed by atoms with Crippen LogP contribution in [0.3, 0.4) is 0 Å². The highest BCUT2D eigenvalue weighted by Crippen LogP contribution is 2.36. The van der Waals surface area contributed by atoms with Crippen LogP contribution in [-0.4, -0.2) is 42.7 Å². The summed E-state index contributed by atoms with van der Waals surface area (Å²) in [5, 5.41) is 8.72. The van der Waals surface area contributed by atoms with Gasteiger partial charge in [-0.05, 0) is 43.4 Å². The van der Waals surface area contributed by atoms with Crippen LogP contribution in [0.4, 0.5) is 13.2 Å². The van der Waals surface area contributed by atoms with Crippen LogP contribution in [0.1, 0.15) is 5.56 Å². The van der Waals surface area contributed by atoms with E-state index in [0.29, 0.717) is 23.8 Å². The van der Waals surface area contributed by atoms with Crippen molar-refractivity contribution in [2.24, 2.45) is 0 Å². The number of carbonyl (C=O) groups is 1. The molecule has 0 fully saturated rings. The minimum atomic E-state index is -4.35. The monoisotopic (exact) mass is 385 g/mol. The van der Waals surface area contributed by atoms with Crippen molar-refractivity contribution in [1.82, 2.24) is 4.90 Å². The lowest BCUT2D eigenvalue weighted by Crippen LogP contribution is -2.29. The molecule has 0 aliphatic rings. The summed E-state index contributed by atoms with van der Waals surface area (Å²) in [6.07, 6.45) is -4.35. The normalized spacial score (nSPS) is 11.6. The molecule has 0 heterocycles. The lowest BCUT2D eigenvalue weighted by atomic mass is 10.2. The molecule has 4 nitrogen and oxygen atoms in total. The summed E-state index contributed by atoms with van der Waals surface area (Å²) in [7, 11) is 1.68. The van der Waals surface area contributed by atoms with Crippen LogP contribution in [0.2, 0.25) is 0 Å². The highest BCUT2D eigenvalue weighted by atomic mass is 32.2. The zero-order chi connectivity index (χ0) is 19.2. The molecule has 0 saturated heterocycles. The molecule has 26 heavy (non-hydrogen) atoms. The number of hydrogen-bond acceptors (Lipinski definition) is 4. The Morgan fingerprint density at radius 3 is 2.42 bits per heavy atom. The lowest BCUT2D eigenvalue weighted by Gasteiger charge is -2.16. The number of carboxylic acids is 1. The molecular weight excluding hydrogens is 367 g/mol. The van der Waals surface area contributed by atoms with Crippen LogP contribution in [0, 0.1) is 0 Å². The molecule has 0 unspecified atom stereocenters. The Labute approximate surface area is 153 Å². The number of aliphatic carboxylic acids is 1. The summed E-state index contributed by atoms with van der Waals surface area (Å²) in [6.45, 7) is 0.658. The van der Waals surface area contributed by atoms with Crippen LogP contribution in [-0.2, 0) is 11.0 Å². The van der Waals surface area contributed by atoms with Gasteiger partial charge in [-0.3, -0.25) is 9.69 Å². The van der Waals surface area contributed by atoms with Gasteiger partial charge in [-0.15, -0.1) is 0 Å². The van der Waals surface area contributed by atoms with Crippen LogP contribution in [0.5, 0.6) is 5.75 Å². The van der Waals surface area contributed by atoms with E-state index in [1.165, 1.54) is 23.9 Å². The van der Waals surface area contributed by atoms with Gasteiger partial charge in [0.25, 0.3) is 0 Å². The molecule has 8 heteroatoms. The van der Waals surface area contributed by atoms with Gasteiger partial charge in [0.1, 0.15) is 12.4 Å². The Morgan fingerprint density at radius 2 is 1.81 bits per heavy atom. The van der Waals surface area contributed by atoms with Crippen molar-refractivity contribution in [3.63, 3.8) is 0 Å². The molecule has 0 amide bonds. The fourth-order valence-electron chi connectivity index (χ4n) is 2.11. The number of para-hydroxylation sites is 1. The minimum absolute atomic E-state index is 0.0781. The van der Waals surface area contributed by atoms with Crippen molar-refractivity contribution in [3.05, 3.63) is 54.1 Å². The van der Waals surface area contributed by atoms with E-state index < -0.39 is 17.7 Å². The van der Waals surface area contributed by atoms with Crippen LogP contribution in [0.25, 0.3) is 0 Å². The molecule has 0 saturated carbocycles. The van der Waals surface area contributed by atoms with E-state index >= 15 is 0 Å². The molecule has 0 radical (unpaired) electrons. The van der Waals surface area contributed by atoms with Crippen molar-refractivity contribution < 1.29 is 27.8 Å². The van der Waals surface area contributed by atoms with Gasteiger partial charge in [-0.1, -0.05) is 23.9 Å². The molecule has 0 atom stereocenters. The van der Waals surface area contributed by atoms with Crippen LogP contribution < -0.4 is 4.74 Å². The van der Waals surface area contributed by atoms with Gasteiger partial charge in [0.2, 0.25) is 0 Å². The maximum atomic E-state index is 12.6. The number of nitrogens with zero attached hydrogens (tertiary/aromatic N) is 1. The Balaban J connectivity index is 1.99. The van der Waals surface area contributed by atoms with E-state index in [4.69, 9.17) is 9.84 Å². The first kappa shape index (κ1) is 20.1. The first-order valence-corrected chi connectivity index (χ1v) is 8.54. The van der Waals surface area contributed by atoms with E-state index in [0.717, 1.165) is 17.0 Å². The zero-order valence-corrected chi connectivity index (χ0v) is 14.8. The third-order valence-electron chi connectivity index (χ3n) is 3.39. The van der Waals surface area contributed by atoms with Gasteiger partial charge in [0.15, 0.2) is 0 Å². The quantitative estimate of drug-likeness (QED) is 0.736. The summed E-state index contributed by atoms with van der Waals surface area (Å²) in [5.74, 6) is -0.313. The fourth-order valence-corrected chi connectivity index (χ4v) is 3.01. The first-order valence-electron chi connectivity index (χ1n) is 7.73. The molecular formula is C18H18F3NO3S. The molecule has 2 rings (SSSR count). The standard InChI is InChI=1S/C18H18F3NO3S/c1-22(12-17(23)24)10-11-25-15-4-2-3-5-16(15)26-14-8-6-13(7-9-14)18(19,20)21/h2-9H,10-12H2,1H3,(H,23,24). The summed E-state index contributed by atoms with van der Waals surface area (Å²) >= 11 is 1.30. The molecule has 1 N–H and O–H groups in total. The van der Waals surface area contributed by atoms with E-state index in [-0.39, 0.29) is 6.54 Å². The largest absolute Gasteiger partial charge is 0.491 e. The molecule has 140 valence electrons. The van der Waals surface area contributed by atoms with Gasteiger partial charge >= 0.3 is 12.1 Å². The van der Waals surface area contributed by atoms with Crippen LogP contribution in [0.15, 0.2) is 58.3 Å². The van der Waals surface area contributed by atoms with Crippen molar-refractivity contribution in [1.29, 1.82) is 0 Å². The molecule has 2 aromatic carbocycles. The van der Waals surface area contributed by atoms with Crippen LogP contribution >= 0.6 is 11.8 Å². The van der Waals surface area contributed by atoms with Gasteiger partial charge in [0.05, 0.1) is 17.0 Å². The number of likely N-dealkylation sites (N-methyl/N-ethyl adjacent to an activating group) is 1. The number of alkyl halides is 3. The predicted octanol–water partition coefficient (Wildman–Crippen LogP) is 4.25. The fraction of sp³-hybridized carbons (Fsp3) is 0.278. The molecule has 0 aromatic heterocycles. The van der Waals surface area contributed by atoms with Gasteiger partial charge < -0.3 is 9.84 Å². The topological polar surface area (TPSA) is 49.8 Å². The van der Waals surface area contributed by atoms with Gasteiger partial charge in [-0.2, -0.15) is 13.2 Å². The second-order valence-corrected chi connectivity index (χ2v) is 6.67. The number of halogens is 3. The Kier molecular flexibility index (Phi) is 6.93. The summed E-state index contributed by atoms with van der Waals surface area (Å²) in [4.78, 5) is 13.7. The molecule has 2 aromatic rings. The third kappa shape index (κ3) is 6.27. The lowest BCUT2D eigenvalue weighted by molar-refractivity contribution is -0.138. The summed E-state index contributed by atoms with van der Waals surface area (Å²) in [6, 6.07) is 12.1. The molecule has 0 aliphatic carbocycles. The van der Waals surface area contributed by atoms with E-state index in [9.17, 15) is 18.0 Å². The van der Waals surface area contributed by atoms with Crippen molar-refractivity contribution in [2.45, 2.75) is 16.0 Å². The second kappa shape index (κ2) is 8.95. The Bertz CT molecular complexity index is 735. The molecule has 0 aliphatic heterocycles. The van der Waals surface area contributed by atoms with Crippen molar-refractivity contribution >= 4 is 17.7 Å². The van der Waals surface area contributed by atoms with E-state index in [1.807, 2.05) is 12.1 Å². The van der Waals surface area contributed by atoms with Gasteiger partial charge in [-0.25, -0.2) is 0 Å². The predicted molar refractivity (Wildman–Crippen MR) is 92.6 cm³/mol. The van der Waals surface area contributed by atoms with Crippen molar-refractivity contribution in [2.75, 3.05) is 26.7 Å². The van der Waals surface area contributed by atoms with E-state index in [2.05, 4.69) is 0 Å². The highest BCUT2D eigenvalue weighted by molar-refractivity contribution is 7.99. The number of ether oxygens (including phenoxy) is 1. The highest BCUT2D eigenvalue weighted by Gasteiger charge is 2.29. The van der Waals surface area contributed by atoms with Crippen molar-refractivity contribution in [3.8, 4) is 5.75 Å². The Morgan fingerprint density at radius 1 is 1.15 bits per heavy atom. The van der Waals surface area contributed by atoms with Gasteiger partial charge in [0, 0.05) is 11.4 Å². The van der Waals surface area contributed by atoms with E-state index in [1.54, 1.807) is 24.1 Å².